The lowest BCUT2D eigenvalue weighted by Gasteiger charge is -2.04. The van der Waals surface area contributed by atoms with Crippen LogP contribution in [0, 0.1) is 0 Å². The maximum Gasteiger partial charge on any atom is 0.0497 e. The molecule has 3 aromatic rings. The Hall–Kier alpha value is -2.06. The molecule has 0 saturated carbocycles. The summed E-state index contributed by atoms with van der Waals surface area (Å²) >= 11 is 0. The number of para-hydroxylation sites is 1. The molecule has 3 rings (SSSR count). The molecule has 1 aromatic heterocycles. The first kappa shape index (κ1) is 12.0. The summed E-state index contributed by atoms with van der Waals surface area (Å²) in [6, 6.07) is 19.0. The molecular weight excluding hydrogens is 232 g/mol. The van der Waals surface area contributed by atoms with E-state index in [0.717, 1.165) is 19.4 Å². The van der Waals surface area contributed by atoms with Crippen LogP contribution in [0.4, 0.5) is 0 Å². The molecule has 0 bridgehead atoms. The van der Waals surface area contributed by atoms with Crippen molar-refractivity contribution < 1.29 is 0 Å². The van der Waals surface area contributed by atoms with Crippen molar-refractivity contribution in [2.75, 3.05) is 6.54 Å². The summed E-state index contributed by atoms with van der Waals surface area (Å²) in [4.78, 5) is 3.55. The Bertz CT molecular complexity index is 668. The summed E-state index contributed by atoms with van der Waals surface area (Å²) < 4.78 is 0. The predicted octanol–water partition coefficient (Wildman–Crippen LogP) is 3.73. The first-order valence-corrected chi connectivity index (χ1v) is 6.75. The van der Waals surface area contributed by atoms with Gasteiger partial charge in [-0.05, 0) is 36.6 Å². The minimum absolute atomic E-state index is 0.730. The number of nitrogens with one attached hydrogen (secondary N) is 1. The molecule has 0 aliphatic carbocycles. The van der Waals surface area contributed by atoms with E-state index in [0.29, 0.717) is 0 Å². The standard InChI is InChI=1S/C17H18N2/c18-12-6-10-15-14-9-4-5-11-16(14)19-17(15)13-7-2-1-3-8-13/h1-5,7-9,11,19H,6,10,12,18H2. The predicted molar refractivity (Wildman–Crippen MR) is 81.1 cm³/mol. The number of hydrogen-bond acceptors (Lipinski definition) is 1. The molecule has 3 N–H and O–H groups in total. The van der Waals surface area contributed by atoms with E-state index >= 15 is 0 Å². The molecule has 19 heavy (non-hydrogen) atoms. The Kier molecular flexibility index (Phi) is 3.34. The molecule has 0 spiro atoms. The average Bonchev–Trinajstić information content (AvgIpc) is 2.85. The highest BCUT2D eigenvalue weighted by atomic mass is 14.7. The number of H-pyrrole nitrogens is 1. The van der Waals surface area contributed by atoms with Gasteiger partial charge in [0.1, 0.15) is 0 Å². The van der Waals surface area contributed by atoms with Gasteiger partial charge >= 0.3 is 0 Å². The summed E-state index contributed by atoms with van der Waals surface area (Å²) in [5.41, 5.74) is 10.7. The fourth-order valence-corrected chi connectivity index (χ4v) is 2.59. The van der Waals surface area contributed by atoms with Crippen LogP contribution in [-0.4, -0.2) is 11.5 Å². The number of benzene rings is 2. The number of aromatic nitrogens is 1. The van der Waals surface area contributed by atoms with E-state index in [-0.39, 0.29) is 0 Å². The average molecular weight is 250 g/mol. The Morgan fingerprint density at radius 3 is 2.42 bits per heavy atom. The topological polar surface area (TPSA) is 41.8 Å². The number of nitrogens with two attached hydrogens (primary N) is 1. The van der Waals surface area contributed by atoms with Crippen LogP contribution in [0.15, 0.2) is 54.6 Å². The third-order valence-corrected chi connectivity index (χ3v) is 3.51. The van der Waals surface area contributed by atoms with Crippen LogP contribution in [0.25, 0.3) is 22.2 Å². The van der Waals surface area contributed by atoms with Gasteiger partial charge in [-0.15, -0.1) is 0 Å². The maximum absolute atomic E-state index is 5.67. The summed E-state index contributed by atoms with van der Waals surface area (Å²) in [6.45, 7) is 0.730. The smallest absolute Gasteiger partial charge is 0.0497 e. The van der Waals surface area contributed by atoms with Crippen molar-refractivity contribution in [3.63, 3.8) is 0 Å². The van der Waals surface area contributed by atoms with Crippen LogP contribution < -0.4 is 5.73 Å². The van der Waals surface area contributed by atoms with Crippen molar-refractivity contribution in [1.29, 1.82) is 0 Å². The first-order valence-electron chi connectivity index (χ1n) is 6.75. The number of fused-ring (bicyclic) bond motifs is 1. The lowest BCUT2D eigenvalue weighted by molar-refractivity contribution is 0.838. The SMILES string of the molecule is NCCCc1c(-c2ccccc2)[nH]c2ccccc12. The lowest BCUT2D eigenvalue weighted by Crippen LogP contribution is -2.00. The van der Waals surface area contributed by atoms with E-state index in [9.17, 15) is 0 Å². The Morgan fingerprint density at radius 1 is 0.895 bits per heavy atom. The highest BCUT2D eigenvalue weighted by Crippen LogP contribution is 2.30. The maximum atomic E-state index is 5.67. The second kappa shape index (κ2) is 5.29. The molecule has 0 unspecified atom stereocenters. The van der Waals surface area contributed by atoms with E-state index < -0.39 is 0 Å². The van der Waals surface area contributed by atoms with Crippen LogP contribution >= 0.6 is 0 Å². The van der Waals surface area contributed by atoms with Gasteiger partial charge < -0.3 is 10.7 Å². The van der Waals surface area contributed by atoms with E-state index in [4.69, 9.17) is 5.73 Å². The first-order chi connectivity index (χ1) is 9.40. The largest absolute Gasteiger partial charge is 0.354 e. The van der Waals surface area contributed by atoms with Gasteiger partial charge in [0.05, 0.1) is 0 Å². The highest BCUT2D eigenvalue weighted by molar-refractivity contribution is 5.90. The van der Waals surface area contributed by atoms with Gasteiger partial charge in [0.15, 0.2) is 0 Å². The summed E-state index contributed by atoms with van der Waals surface area (Å²) in [5, 5.41) is 1.31. The van der Waals surface area contributed by atoms with E-state index in [1.54, 1.807) is 0 Å². The van der Waals surface area contributed by atoms with Crippen LogP contribution in [0.3, 0.4) is 0 Å². The van der Waals surface area contributed by atoms with Crippen LogP contribution in [-0.2, 0) is 6.42 Å². The Balaban J connectivity index is 2.17. The zero-order chi connectivity index (χ0) is 13.1. The zero-order valence-electron chi connectivity index (χ0n) is 10.9. The normalized spacial score (nSPS) is 11.0. The van der Waals surface area contributed by atoms with Crippen LogP contribution in [0.1, 0.15) is 12.0 Å². The molecule has 0 radical (unpaired) electrons. The number of aryl methyl sites for hydroxylation is 1. The molecule has 2 heteroatoms. The number of hydrogen-bond donors (Lipinski definition) is 2. The molecule has 1 heterocycles. The quantitative estimate of drug-likeness (QED) is 0.728. The van der Waals surface area contributed by atoms with Crippen molar-refractivity contribution in [2.45, 2.75) is 12.8 Å². The van der Waals surface area contributed by atoms with Crippen molar-refractivity contribution in [2.24, 2.45) is 5.73 Å². The van der Waals surface area contributed by atoms with Gasteiger partial charge in [-0.1, -0.05) is 48.5 Å². The molecule has 0 aliphatic heterocycles. The number of rotatable bonds is 4. The second-order valence-electron chi connectivity index (χ2n) is 4.78. The van der Waals surface area contributed by atoms with Crippen molar-refractivity contribution in [1.82, 2.24) is 4.98 Å². The van der Waals surface area contributed by atoms with Gasteiger partial charge in [-0.25, -0.2) is 0 Å². The van der Waals surface area contributed by atoms with E-state index in [2.05, 4.69) is 53.5 Å². The van der Waals surface area contributed by atoms with Gasteiger partial charge in [-0.2, -0.15) is 0 Å². The molecule has 96 valence electrons. The summed E-state index contributed by atoms with van der Waals surface area (Å²) in [5.74, 6) is 0. The Labute approximate surface area is 113 Å². The number of aromatic amines is 1. The molecule has 0 fully saturated rings. The highest BCUT2D eigenvalue weighted by Gasteiger charge is 2.11. The Morgan fingerprint density at radius 2 is 1.63 bits per heavy atom. The summed E-state index contributed by atoms with van der Waals surface area (Å²) in [7, 11) is 0. The minimum atomic E-state index is 0.730. The summed E-state index contributed by atoms with van der Waals surface area (Å²) in [6.07, 6.45) is 2.03. The van der Waals surface area contributed by atoms with Crippen LogP contribution in [0.2, 0.25) is 0 Å². The molecule has 2 nitrogen and oxygen atoms in total. The monoisotopic (exact) mass is 250 g/mol. The molecule has 0 amide bonds. The molecule has 0 aliphatic rings. The third-order valence-electron chi connectivity index (χ3n) is 3.51. The van der Waals surface area contributed by atoms with E-state index in [1.807, 2.05) is 6.07 Å². The molecule has 0 atom stereocenters. The fraction of sp³-hybridized carbons (Fsp3) is 0.176. The van der Waals surface area contributed by atoms with Crippen molar-refractivity contribution >= 4 is 10.9 Å². The van der Waals surface area contributed by atoms with Gasteiger partial charge in [0.25, 0.3) is 0 Å². The zero-order valence-corrected chi connectivity index (χ0v) is 10.9. The van der Waals surface area contributed by atoms with Crippen molar-refractivity contribution in [3.05, 3.63) is 60.2 Å². The van der Waals surface area contributed by atoms with Gasteiger partial charge in [0, 0.05) is 16.6 Å². The van der Waals surface area contributed by atoms with Crippen LogP contribution in [0.5, 0.6) is 0 Å². The van der Waals surface area contributed by atoms with Crippen molar-refractivity contribution in [3.8, 4) is 11.3 Å². The molecule has 0 saturated heterocycles. The van der Waals surface area contributed by atoms with Gasteiger partial charge in [0.2, 0.25) is 0 Å². The van der Waals surface area contributed by atoms with E-state index in [1.165, 1.54) is 27.7 Å². The second-order valence-corrected chi connectivity index (χ2v) is 4.78. The minimum Gasteiger partial charge on any atom is -0.354 e. The lowest BCUT2D eigenvalue weighted by atomic mass is 10.0. The third kappa shape index (κ3) is 2.27. The molecule has 2 aromatic carbocycles. The fourth-order valence-electron chi connectivity index (χ4n) is 2.59. The van der Waals surface area contributed by atoms with Gasteiger partial charge in [-0.3, -0.25) is 0 Å². The molecular formula is C17H18N2.